The number of carbonyl (C=O) groups excluding carboxylic acids is 1. The van der Waals surface area contributed by atoms with Crippen LogP contribution in [-0.2, 0) is 0 Å². The van der Waals surface area contributed by atoms with E-state index in [0.29, 0.717) is 17.3 Å². The fourth-order valence-electron chi connectivity index (χ4n) is 1.65. The Labute approximate surface area is 112 Å². The predicted molar refractivity (Wildman–Crippen MR) is 67.3 cm³/mol. The minimum Gasteiger partial charge on any atom is -0.349 e. The number of rotatable bonds is 3. The molecule has 0 aliphatic heterocycles. The molecule has 0 unspecified atom stereocenters. The molecule has 1 aliphatic carbocycles. The normalized spacial score (nSPS) is 14.5. The molecule has 1 heterocycles. The van der Waals surface area contributed by atoms with E-state index < -0.39 is 0 Å². The van der Waals surface area contributed by atoms with Crippen LogP contribution in [0.1, 0.15) is 23.2 Å². The second-order valence-electron chi connectivity index (χ2n) is 4.16. The molecule has 0 radical (unpaired) electrons. The summed E-state index contributed by atoms with van der Waals surface area (Å²) in [6.07, 6.45) is 3.58. The molecule has 92 valence electrons. The highest BCUT2D eigenvalue weighted by atomic mass is 79.9. The molecular weight excluding hydrogens is 298 g/mol. The third kappa shape index (κ3) is 2.26. The molecule has 1 aromatic carbocycles. The van der Waals surface area contributed by atoms with Gasteiger partial charge in [0.2, 0.25) is 0 Å². The number of tetrazole rings is 1. The van der Waals surface area contributed by atoms with E-state index in [1.165, 1.54) is 11.0 Å². The van der Waals surface area contributed by atoms with E-state index in [2.05, 4.69) is 36.8 Å². The molecule has 0 saturated heterocycles. The van der Waals surface area contributed by atoms with Gasteiger partial charge < -0.3 is 5.32 Å². The number of hydrogen-bond donors (Lipinski definition) is 1. The molecule has 0 bridgehead atoms. The Bertz CT molecular complexity index is 579. The number of nitrogens with one attached hydrogen (secondary N) is 1. The molecule has 0 atom stereocenters. The Morgan fingerprint density at radius 3 is 2.94 bits per heavy atom. The molecule has 1 aliphatic rings. The maximum atomic E-state index is 12.1. The van der Waals surface area contributed by atoms with Crippen molar-refractivity contribution in [2.45, 2.75) is 18.9 Å². The number of hydrogen-bond acceptors (Lipinski definition) is 4. The van der Waals surface area contributed by atoms with Gasteiger partial charge in [-0.25, -0.2) is 0 Å². The maximum absolute atomic E-state index is 12.1. The molecule has 1 saturated carbocycles. The largest absolute Gasteiger partial charge is 0.349 e. The first kappa shape index (κ1) is 11.3. The van der Waals surface area contributed by atoms with Crippen LogP contribution in [0.5, 0.6) is 0 Å². The highest BCUT2D eigenvalue weighted by molar-refractivity contribution is 9.10. The van der Waals surface area contributed by atoms with Gasteiger partial charge in [-0.05, 0) is 41.5 Å². The molecule has 1 N–H and O–H groups in total. The summed E-state index contributed by atoms with van der Waals surface area (Å²) in [7, 11) is 0. The third-order valence-corrected chi connectivity index (χ3v) is 3.20. The van der Waals surface area contributed by atoms with Crippen LogP contribution in [-0.4, -0.2) is 32.2 Å². The molecule has 3 rings (SSSR count). The van der Waals surface area contributed by atoms with Crippen molar-refractivity contribution in [3.05, 3.63) is 34.6 Å². The average Bonchev–Trinajstić information content (AvgIpc) is 3.01. The zero-order valence-electron chi connectivity index (χ0n) is 9.38. The minimum atomic E-state index is -0.0932. The van der Waals surface area contributed by atoms with E-state index >= 15 is 0 Å². The maximum Gasteiger partial charge on any atom is 0.253 e. The second kappa shape index (κ2) is 4.49. The minimum absolute atomic E-state index is 0.0932. The Morgan fingerprint density at radius 2 is 2.28 bits per heavy atom. The van der Waals surface area contributed by atoms with Crippen molar-refractivity contribution in [3.8, 4) is 5.69 Å². The summed E-state index contributed by atoms with van der Waals surface area (Å²) in [6.45, 7) is 0. The van der Waals surface area contributed by atoms with Crippen LogP contribution in [0.4, 0.5) is 0 Å². The fourth-order valence-corrected chi connectivity index (χ4v) is 2.01. The smallest absolute Gasteiger partial charge is 0.253 e. The summed E-state index contributed by atoms with van der Waals surface area (Å²) < 4.78 is 2.33. The van der Waals surface area contributed by atoms with Gasteiger partial charge in [-0.3, -0.25) is 4.79 Å². The molecule has 2 aromatic rings. The van der Waals surface area contributed by atoms with Gasteiger partial charge in [-0.2, -0.15) is 4.68 Å². The lowest BCUT2D eigenvalue weighted by Crippen LogP contribution is -2.26. The first-order valence-electron chi connectivity index (χ1n) is 5.58. The van der Waals surface area contributed by atoms with Crippen molar-refractivity contribution in [3.63, 3.8) is 0 Å². The van der Waals surface area contributed by atoms with Crippen molar-refractivity contribution in [2.24, 2.45) is 0 Å². The summed E-state index contributed by atoms with van der Waals surface area (Å²) in [5, 5.41) is 13.9. The molecule has 1 aromatic heterocycles. The zero-order chi connectivity index (χ0) is 12.5. The topological polar surface area (TPSA) is 72.7 Å². The summed E-state index contributed by atoms with van der Waals surface area (Å²) in [5.41, 5.74) is 1.23. The SMILES string of the molecule is O=C(NC1CC1)c1cc(Br)ccc1-n1cnnn1. The monoisotopic (exact) mass is 307 g/mol. The number of carbonyl (C=O) groups is 1. The van der Waals surface area contributed by atoms with Crippen LogP contribution in [0.3, 0.4) is 0 Å². The van der Waals surface area contributed by atoms with Gasteiger partial charge in [-0.15, -0.1) is 5.10 Å². The number of aromatic nitrogens is 4. The lowest BCUT2D eigenvalue weighted by Gasteiger charge is -2.09. The van der Waals surface area contributed by atoms with E-state index in [1.807, 2.05) is 12.1 Å². The van der Waals surface area contributed by atoms with Gasteiger partial charge in [0.15, 0.2) is 0 Å². The van der Waals surface area contributed by atoms with Crippen molar-refractivity contribution >= 4 is 21.8 Å². The zero-order valence-corrected chi connectivity index (χ0v) is 11.0. The van der Waals surface area contributed by atoms with E-state index in [1.54, 1.807) is 6.07 Å². The first-order valence-corrected chi connectivity index (χ1v) is 6.37. The molecule has 0 spiro atoms. The van der Waals surface area contributed by atoms with Gasteiger partial charge in [0.25, 0.3) is 5.91 Å². The van der Waals surface area contributed by atoms with Crippen molar-refractivity contribution in [1.29, 1.82) is 0 Å². The summed E-state index contributed by atoms with van der Waals surface area (Å²) in [6, 6.07) is 5.75. The molecular formula is C11H10BrN5O. The van der Waals surface area contributed by atoms with Gasteiger partial charge in [-0.1, -0.05) is 15.9 Å². The van der Waals surface area contributed by atoms with E-state index in [9.17, 15) is 4.79 Å². The summed E-state index contributed by atoms with van der Waals surface area (Å²) in [5.74, 6) is -0.0932. The van der Waals surface area contributed by atoms with Gasteiger partial charge in [0, 0.05) is 10.5 Å². The lowest BCUT2D eigenvalue weighted by molar-refractivity contribution is 0.0951. The quantitative estimate of drug-likeness (QED) is 0.928. The Balaban J connectivity index is 1.99. The molecule has 6 nitrogen and oxygen atoms in total. The van der Waals surface area contributed by atoms with E-state index in [0.717, 1.165) is 17.3 Å². The predicted octanol–water partition coefficient (Wildman–Crippen LogP) is 1.32. The Hall–Kier alpha value is -1.76. The number of amides is 1. The van der Waals surface area contributed by atoms with Crippen molar-refractivity contribution in [1.82, 2.24) is 25.5 Å². The fraction of sp³-hybridized carbons (Fsp3) is 0.273. The number of halogens is 1. The Morgan fingerprint density at radius 1 is 1.44 bits per heavy atom. The van der Waals surface area contributed by atoms with Crippen LogP contribution < -0.4 is 5.32 Å². The van der Waals surface area contributed by atoms with Crippen LogP contribution >= 0.6 is 15.9 Å². The summed E-state index contributed by atoms with van der Waals surface area (Å²) in [4.78, 5) is 12.1. The third-order valence-electron chi connectivity index (χ3n) is 2.71. The number of nitrogens with zero attached hydrogens (tertiary/aromatic N) is 4. The average molecular weight is 308 g/mol. The van der Waals surface area contributed by atoms with E-state index in [-0.39, 0.29) is 5.91 Å². The standard InChI is InChI=1S/C11H10BrN5O/c12-7-1-4-10(17-6-13-15-16-17)9(5-7)11(18)14-8-2-3-8/h1,4-6,8H,2-3H2,(H,14,18). The molecule has 1 fully saturated rings. The van der Waals surface area contributed by atoms with Crippen LogP contribution in [0.2, 0.25) is 0 Å². The number of benzene rings is 1. The van der Waals surface area contributed by atoms with Crippen LogP contribution in [0, 0.1) is 0 Å². The lowest BCUT2D eigenvalue weighted by atomic mass is 10.1. The molecule has 1 amide bonds. The van der Waals surface area contributed by atoms with Crippen molar-refractivity contribution < 1.29 is 4.79 Å². The molecule has 7 heteroatoms. The highest BCUT2D eigenvalue weighted by Crippen LogP contribution is 2.23. The van der Waals surface area contributed by atoms with E-state index in [4.69, 9.17) is 0 Å². The summed E-state index contributed by atoms with van der Waals surface area (Å²) >= 11 is 3.37. The van der Waals surface area contributed by atoms with Crippen LogP contribution in [0.25, 0.3) is 5.69 Å². The van der Waals surface area contributed by atoms with Gasteiger partial charge in [0.05, 0.1) is 11.3 Å². The van der Waals surface area contributed by atoms with Gasteiger partial charge >= 0.3 is 0 Å². The first-order chi connectivity index (χ1) is 8.74. The van der Waals surface area contributed by atoms with Gasteiger partial charge in [0.1, 0.15) is 6.33 Å². The van der Waals surface area contributed by atoms with Crippen molar-refractivity contribution in [2.75, 3.05) is 0 Å². The molecule has 18 heavy (non-hydrogen) atoms. The second-order valence-corrected chi connectivity index (χ2v) is 5.08. The van der Waals surface area contributed by atoms with Crippen LogP contribution in [0.15, 0.2) is 29.0 Å². The Kier molecular flexibility index (Phi) is 2.83. The highest BCUT2D eigenvalue weighted by Gasteiger charge is 2.25.